The van der Waals surface area contributed by atoms with E-state index in [2.05, 4.69) is 10.3 Å². The van der Waals surface area contributed by atoms with Gasteiger partial charge in [-0.15, -0.1) is 11.6 Å². The summed E-state index contributed by atoms with van der Waals surface area (Å²) in [5.74, 6) is 2.44. The molecule has 1 saturated carbocycles. The van der Waals surface area contributed by atoms with Gasteiger partial charge in [-0.25, -0.2) is 4.98 Å². The third-order valence-electron chi connectivity index (χ3n) is 3.57. The van der Waals surface area contributed by atoms with Crippen LogP contribution >= 0.6 is 11.6 Å². The summed E-state index contributed by atoms with van der Waals surface area (Å²) in [6.45, 7) is 0.768. The number of alkyl halides is 1. The minimum atomic E-state index is 0.204. The molecule has 1 fully saturated rings. The van der Waals surface area contributed by atoms with Gasteiger partial charge in [-0.2, -0.15) is 0 Å². The van der Waals surface area contributed by atoms with Crippen LogP contribution in [0.1, 0.15) is 12.8 Å². The van der Waals surface area contributed by atoms with E-state index >= 15 is 0 Å². The number of ether oxygens (including phenoxy) is 1. The summed E-state index contributed by atoms with van der Waals surface area (Å²) in [4.78, 5) is 4.40. The monoisotopic (exact) mass is 276 g/mol. The zero-order valence-electron chi connectivity index (χ0n) is 10.9. The molecule has 2 aromatic rings. The molecular weight excluding hydrogens is 260 g/mol. The van der Waals surface area contributed by atoms with Crippen molar-refractivity contribution in [2.45, 2.75) is 18.2 Å². The molecule has 0 spiro atoms. The van der Waals surface area contributed by atoms with E-state index in [1.165, 1.54) is 12.8 Å². The number of hydrogen-bond donors (Lipinski definition) is 1. The van der Waals surface area contributed by atoms with Gasteiger partial charge in [-0.05, 0) is 48.4 Å². The van der Waals surface area contributed by atoms with Crippen molar-refractivity contribution in [2.24, 2.45) is 5.92 Å². The molecule has 1 atom stereocenters. The van der Waals surface area contributed by atoms with Gasteiger partial charge in [0.2, 0.25) is 0 Å². The third kappa shape index (κ3) is 2.76. The molecule has 4 heteroatoms. The lowest BCUT2D eigenvalue weighted by molar-refractivity contribution is 0.415. The minimum absolute atomic E-state index is 0.204. The summed E-state index contributed by atoms with van der Waals surface area (Å²) in [5, 5.41) is 5.79. The number of pyridine rings is 1. The number of fused-ring (bicyclic) bond motifs is 1. The van der Waals surface area contributed by atoms with Crippen molar-refractivity contribution in [3.63, 3.8) is 0 Å². The van der Waals surface area contributed by atoms with Gasteiger partial charge >= 0.3 is 0 Å². The third-order valence-corrected chi connectivity index (χ3v) is 4.08. The summed E-state index contributed by atoms with van der Waals surface area (Å²) < 4.78 is 5.24. The highest BCUT2D eigenvalue weighted by Gasteiger charge is 2.29. The zero-order valence-corrected chi connectivity index (χ0v) is 11.7. The highest BCUT2D eigenvalue weighted by Crippen LogP contribution is 2.36. The van der Waals surface area contributed by atoms with Crippen LogP contribution in [0.2, 0.25) is 0 Å². The fourth-order valence-corrected chi connectivity index (χ4v) is 2.57. The number of nitrogens with one attached hydrogen (secondary N) is 1. The molecule has 1 N–H and O–H groups in total. The minimum Gasteiger partial charge on any atom is -0.497 e. The van der Waals surface area contributed by atoms with Crippen LogP contribution in [-0.4, -0.2) is 24.0 Å². The number of anilines is 1. The molecule has 1 unspecified atom stereocenters. The van der Waals surface area contributed by atoms with Crippen LogP contribution < -0.4 is 10.1 Å². The molecule has 0 aliphatic heterocycles. The Labute approximate surface area is 117 Å². The Hall–Kier alpha value is -1.48. The Bertz CT molecular complexity index is 583. The fourth-order valence-electron chi connectivity index (χ4n) is 2.24. The molecule has 0 amide bonds. The van der Waals surface area contributed by atoms with Crippen LogP contribution in [0.15, 0.2) is 30.5 Å². The molecule has 1 aromatic carbocycles. The van der Waals surface area contributed by atoms with E-state index in [9.17, 15) is 0 Å². The van der Waals surface area contributed by atoms with Gasteiger partial charge in [-0.3, -0.25) is 0 Å². The van der Waals surface area contributed by atoms with Crippen molar-refractivity contribution >= 4 is 28.2 Å². The Morgan fingerprint density at radius 1 is 1.42 bits per heavy atom. The number of nitrogens with zero attached hydrogens (tertiary/aromatic N) is 1. The van der Waals surface area contributed by atoms with Crippen LogP contribution in [-0.2, 0) is 0 Å². The quantitative estimate of drug-likeness (QED) is 0.846. The van der Waals surface area contributed by atoms with Gasteiger partial charge in [0.1, 0.15) is 11.6 Å². The van der Waals surface area contributed by atoms with Crippen molar-refractivity contribution in [1.29, 1.82) is 0 Å². The highest BCUT2D eigenvalue weighted by atomic mass is 35.5. The van der Waals surface area contributed by atoms with Crippen LogP contribution in [0.25, 0.3) is 10.8 Å². The maximum Gasteiger partial charge on any atom is 0.133 e. The second-order valence-electron chi connectivity index (χ2n) is 4.98. The Morgan fingerprint density at radius 3 is 3.00 bits per heavy atom. The molecule has 0 radical (unpaired) electrons. The van der Waals surface area contributed by atoms with Crippen molar-refractivity contribution in [1.82, 2.24) is 4.98 Å². The van der Waals surface area contributed by atoms with Gasteiger partial charge in [0.15, 0.2) is 0 Å². The predicted octanol–water partition coefficient (Wildman–Crippen LogP) is 3.67. The first-order valence-electron chi connectivity index (χ1n) is 6.58. The molecule has 1 aliphatic rings. The lowest BCUT2D eigenvalue weighted by atomic mass is 10.1. The van der Waals surface area contributed by atoms with Crippen molar-refractivity contribution in [3.05, 3.63) is 30.5 Å². The van der Waals surface area contributed by atoms with Crippen molar-refractivity contribution in [3.8, 4) is 5.75 Å². The van der Waals surface area contributed by atoms with Crippen molar-refractivity contribution < 1.29 is 4.74 Å². The summed E-state index contributed by atoms with van der Waals surface area (Å²) in [5.41, 5.74) is 0. The molecule has 3 rings (SSSR count). The van der Waals surface area contributed by atoms with E-state index in [1.54, 1.807) is 7.11 Å². The SMILES string of the molecule is COc1ccc2c(NCC(Cl)C3CC3)nccc2c1. The maximum absolute atomic E-state index is 6.32. The average molecular weight is 277 g/mol. The number of methoxy groups -OCH3 is 1. The second-order valence-corrected chi connectivity index (χ2v) is 5.54. The van der Waals surface area contributed by atoms with E-state index in [4.69, 9.17) is 16.3 Å². The summed E-state index contributed by atoms with van der Waals surface area (Å²) in [6.07, 6.45) is 4.33. The Balaban J connectivity index is 1.82. The molecule has 1 heterocycles. The predicted molar refractivity (Wildman–Crippen MR) is 79.1 cm³/mol. The number of aromatic nitrogens is 1. The molecule has 1 aliphatic carbocycles. The Morgan fingerprint density at radius 2 is 2.26 bits per heavy atom. The second kappa shape index (κ2) is 5.25. The van der Waals surface area contributed by atoms with E-state index in [0.29, 0.717) is 5.92 Å². The number of benzene rings is 1. The van der Waals surface area contributed by atoms with Crippen LogP contribution in [0.3, 0.4) is 0 Å². The van der Waals surface area contributed by atoms with Gasteiger partial charge in [-0.1, -0.05) is 0 Å². The van der Waals surface area contributed by atoms with Gasteiger partial charge in [0.05, 0.1) is 12.5 Å². The van der Waals surface area contributed by atoms with Gasteiger partial charge < -0.3 is 10.1 Å². The lowest BCUT2D eigenvalue weighted by Gasteiger charge is -2.12. The standard InChI is InChI=1S/C15H17ClN2O/c1-19-12-4-5-13-11(8-12)6-7-17-15(13)18-9-14(16)10-2-3-10/h4-8,10,14H,2-3,9H2,1H3,(H,17,18). The largest absolute Gasteiger partial charge is 0.497 e. The van der Waals surface area contributed by atoms with Crippen LogP contribution in [0, 0.1) is 5.92 Å². The molecule has 100 valence electrons. The van der Waals surface area contributed by atoms with E-state index < -0.39 is 0 Å². The average Bonchev–Trinajstić information content (AvgIpc) is 3.28. The smallest absolute Gasteiger partial charge is 0.133 e. The molecule has 3 nitrogen and oxygen atoms in total. The van der Waals surface area contributed by atoms with Gasteiger partial charge in [0, 0.05) is 18.1 Å². The van der Waals surface area contributed by atoms with E-state index in [0.717, 1.165) is 28.9 Å². The van der Waals surface area contributed by atoms with Crippen molar-refractivity contribution in [2.75, 3.05) is 19.0 Å². The number of rotatable bonds is 5. The molecular formula is C15H17ClN2O. The molecule has 0 saturated heterocycles. The molecule has 19 heavy (non-hydrogen) atoms. The first-order chi connectivity index (χ1) is 9.28. The summed E-state index contributed by atoms with van der Waals surface area (Å²) in [6, 6.07) is 7.99. The number of halogens is 1. The first kappa shape index (κ1) is 12.5. The van der Waals surface area contributed by atoms with Crippen LogP contribution in [0.4, 0.5) is 5.82 Å². The summed E-state index contributed by atoms with van der Waals surface area (Å²) in [7, 11) is 1.68. The summed E-state index contributed by atoms with van der Waals surface area (Å²) >= 11 is 6.32. The molecule has 1 aromatic heterocycles. The topological polar surface area (TPSA) is 34.1 Å². The Kier molecular flexibility index (Phi) is 3.47. The van der Waals surface area contributed by atoms with Gasteiger partial charge in [0.25, 0.3) is 0 Å². The molecule has 0 bridgehead atoms. The first-order valence-corrected chi connectivity index (χ1v) is 7.02. The van der Waals surface area contributed by atoms with E-state index in [1.807, 2.05) is 30.5 Å². The number of hydrogen-bond acceptors (Lipinski definition) is 3. The van der Waals surface area contributed by atoms with E-state index in [-0.39, 0.29) is 5.38 Å². The lowest BCUT2D eigenvalue weighted by Crippen LogP contribution is -2.16. The highest BCUT2D eigenvalue weighted by molar-refractivity contribution is 6.21. The van der Waals surface area contributed by atoms with Crippen LogP contribution in [0.5, 0.6) is 5.75 Å². The fraction of sp³-hybridized carbons (Fsp3) is 0.400. The normalized spacial score (nSPS) is 16.3. The zero-order chi connectivity index (χ0) is 13.2. The maximum atomic E-state index is 6.32.